The van der Waals surface area contributed by atoms with Crippen LogP contribution in [0.15, 0.2) is 28.7 Å². The van der Waals surface area contributed by atoms with E-state index in [2.05, 4.69) is 27.9 Å². The first-order valence-corrected chi connectivity index (χ1v) is 6.13. The summed E-state index contributed by atoms with van der Waals surface area (Å²) in [7, 11) is 2.17. The summed E-state index contributed by atoms with van der Waals surface area (Å²) >= 11 is 3.41. The average molecular weight is 270 g/mol. The second-order valence-corrected chi connectivity index (χ2v) is 4.96. The lowest BCUT2D eigenvalue weighted by molar-refractivity contribution is 0.198. The quantitative estimate of drug-likeness (QED) is 0.837. The van der Waals surface area contributed by atoms with E-state index in [1.165, 1.54) is 19.4 Å². The second kappa shape index (κ2) is 4.99. The van der Waals surface area contributed by atoms with Gasteiger partial charge in [0.2, 0.25) is 0 Å². The molecule has 1 aliphatic heterocycles. The van der Waals surface area contributed by atoms with Gasteiger partial charge in [-0.05, 0) is 50.7 Å². The van der Waals surface area contributed by atoms with Crippen LogP contribution in [0.25, 0.3) is 0 Å². The number of halogens is 1. The SMILES string of the molecule is CN1CCCC1COc1ccc(Br)cc1. The number of ether oxygens (including phenoxy) is 1. The Kier molecular flexibility index (Phi) is 3.65. The Morgan fingerprint density at radius 1 is 1.40 bits per heavy atom. The van der Waals surface area contributed by atoms with Crippen LogP contribution in [0, 0.1) is 0 Å². The molecule has 1 heterocycles. The summed E-state index contributed by atoms with van der Waals surface area (Å²) in [5.41, 5.74) is 0. The molecule has 0 amide bonds. The zero-order valence-electron chi connectivity index (χ0n) is 8.95. The third-order valence-electron chi connectivity index (χ3n) is 2.93. The molecule has 15 heavy (non-hydrogen) atoms. The molecule has 1 unspecified atom stereocenters. The van der Waals surface area contributed by atoms with E-state index >= 15 is 0 Å². The van der Waals surface area contributed by atoms with Crippen molar-refractivity contribution in [1.82, 2.24) is 4.90 Å². The van der Waals surface area contributed by atoms with Crippen molar-refractivity contribution in [2.75, 3.05) is 20.2 Å². The first kappa shape index (κ1) is 11.0. The molecule has 1 atom stereocenters. The van der Waals surface area contributed by atoms with E-state index in [0.29, 0.717) is 6.04 Å². The van der Waals surface area contributed by atoms with Gasteiger partial charge >= 0.3 is 0 Å². The van der Waals surface area contributed by atoms with E-state index in [0.717, 1.165) is 16.8 Å². The maximum Gasteiger partial charge on any atom is 0.119 e. The van der Waals surface area contributed by atoms with Gasteiger partial charge in [-0.2, -0.15) is 0 Å². The first-order chi connectivity index (χ1) is 7.25. The van der Waals surface area contributed by atoms with E-state index in [1.54, 1.807) is 0 Å². The van der Waals surface area contributed by atoms with E-state index in [4.69, 9.17) is 4.74 Å². The van der Waals surface area contributed by atoms with Gasteiger partial charge in [0.05, 0.1) is 0 Å². The van der Waals surface area contributed by atoms with Crippen molar-refractivity contribution in [3.05, 3.63) is 28.7 Å². The topological polar surface area (TPSA) is 12.5 Å². The van der Waals surface area contributed by atoms with Crippen molar-refractivity contribution in [1.29, 1.82) is 0 Å². The fraction of sp³-hybridized carbons (Fsp3) is 0.500. The summed E-state index contributed by atoms with van der Waals surface area (Å²) in [6, 6.07) is 8.60. The summed E-state index contributed by atoms with van der Waals surface area (Å²) in [6.07, 6.45) is 2.55. The number of hydrogen-bond donors (Lipinski definition) is 0. The molecule has 1 fully saturated rings. The molecule has 3 heteroatoms. The van der Waals surface area contributed by atoms with Gasteiger partial charge in [0.25, 0.3) is 0 Å². The van der Waals surface area contributed by atoms with Crippen LogP contribution in [0.4, 0.5) is 0 Å². The Morgan fingerprint density at radius 2 is 2.13 bits per heavy atom. The largest absolute Gasteiger partial charge is 0.492 e. The average Bonchev–Trinajstić information content (AvgIpc) is 2.63. The number of benzene rings is 1. The summed E-state index contributed by atoms with van der Waals surface area (Å²) in [5.74, 6) is 0.957. The fourth-order valence-electron chi connectivity index (χ4n) is 1.91. The van der Waals surface area contributed by atoms with Gasteiger partial charge in [0.15, 0.2) is 0 Å². The number of nitrogens with zero attached hydrogens (tertiary/aromatic N) is 1. The van der Waals surface area contributed by atoms with Crippen LogP contribution in [0.3, 0.4) is 0 Å². The van der Waals surface area contributed by atoms with Gasteiger partial charge in [0, 0.05) is 10.5 Å². The molecular formula is C12H16BrNO. The highest BCUT2D eigenvalue weighted by Crippen LogP contribution is 2.19. The van der Waals surface area contributed by atoms with Crippen LogP contribution >= 0.6 is 15.9 Å². The Balaban J connectivity index is 1.85. The standard InChI is InChI=1S/C12H16BrNO/c1-14-8-2-3-11(14)9-15-12-6-4-10(13)5-7-12/h4-7,11H,2-3,8-9H2,1H3. The molecule has 2 nitrogen and oxygen atoms in total. The van der Waals surface area contributed by atoms with Gasteiger partial charge in [-0.1, -0.05) is 15.9 Å². The van der Waals surface area contributed by atoms with E-state index < -0.39 is 0 Å². The van der Waals surface area contributed by atoms with E-state index in [-0.39, 0.29) is 0 Å². The van der Waals surface area contributed by atoms with E-state index in [1.807, 2.05) is 24.3 Å². The number of likely N-dealkylation sites (N-methyl/N-ethyl adjacent to an activating group) is 1. The van der Waals surface area contributed by atoms with Gasteiger partial charge in [-0.15, -0.1) is 0 Å². The van der Waals surface area contributed by atoms with Gasteiger partial charge in [0.1, 0.15) is 12.4 Å². The van der Waals surface area contributed by atoms with Crippen LogP contribution in [0.2, 0.25) is 0 Å². The van der Waals surface area contributed by atoms with Gasteiger partial charge < -0.3 is 9.64 Å². The van der Waals surface area contributed by atoms with Crippen molar-refractivity contribution in [2.24, 2.45) is 0 Å². The molecule has 1 aromatic rings. The zero-order chi connectivity index (χ0) is 10.7. The van der Waals surface area contributed by atoms with Crippen LogP contribution in [-0.4, -0.2) is 31.1 Å². The number of hydrogen-bond acceptors (Lipinski definition) is 2. The molecule has 1 aliphatic rings. The van der Waals surface area contributed by atoms with Gasteiger partial charge in [-0.25, -0.2) is 0 Å². The third kappa shape index (κ3) is 2.95. The molecule has 1 aromatic carbocycles. The fourth-order valence-corrected chi connectivity index (χ4v) is 2.18. The number of rotatable bonds is 3. The van der Waals surface area contributed by atoms with E-state index in [9.17, 15) is 0 Å². The van der Waals surface area contributed by atoms with Crippen molar-refractivity contribution in [3.8, 4) is 5.75 Å². The molecule has 2 rings (SSSR count). The Morgan fingerprint density at radius 3 is 2.73 bits per heavy atom. The highest BCUT2D eigenvalue weighted by atomic mass is 79.9. The smallest absolute Gasteiger partial charge is 0.119 e. The highest BCUT2D eigenvalue weighted by Gasteiger charge is 2.20. The molecular weight excluding hydrogens is 254 g/mol. The minimum atomic E-state index is 0.591. The predicted molar refractivity (Wildman–Crippen MR) is 65.3 cm³/mol. The summed E-state index contributed by atoms with van der Waals surface area (Å²) in [6.45, 7) is 2.01. The molecule has 1 saturated heterocycles. The molecule has 0 saturated carbocycles. The predicted octanol–water partition coefficient (Wildman–Crippen LogP) is 2.92. The highest BCUT2D eigenvalue weighted by molar-refractivity contribution is 9.10. The molecule has 0 bridgehead atoms. The summed E-state index contributed by atoms with van der Waals surface area (Å²) in [5, 5.41) is 0. The van der Waals surface area contributed by atoms with Crippen molar-refractivity contribution >= 4 is 15.9 Å². The molecule has 0 spiro atoms. The third-order valence-corrected chi connectivity index (χ3v) is 3.46. The van der Waals surface area contributed by atoms with Crippen LogP contribution in [-0.2, 0) is 0 Å². The Hall–Kier alpha value is -0.540. The Bertz CT molecular complexity index is 312. The molecule has 0 radical (unpaired) electrons. The molecule has 0 aliphatic carbocycles. The second-order valence-electron chi connectivity index (χ2n) is 4.04. The van der Waals surface area contributed by atoms with Crippen molar-refractivity contribution in [3.63, 3.8) is 0 Å². The van der Waals surface area contributed by atoms with Crippen LogP contribution < -0.4 is 4.74 Å². The number of likely N-dealkylation sites (tertiary alicyclic amines) is 1. The summed E-state index contributed by atoms with van der Waals surface area (Å²) < 4.78 is 6.84. The lowest BCUT2D eigenvalue weighted by Gasteiger charge is -2.19. The van der Waals surface area contributed by atoms with Crippen LogP contribution in [0.1, 0.15) is 12.8 Å². The Labute approximate surface area is 99.4 Å². The minimum Gasteiger partial charge on any atom is -0.492 e. The monoisotopic (exact) mass is 269 g/mol. The minimum absolute atomic E-state index is 0.591. The first-order valence-electron chi connectivity index (χ1n) is 5.34. The van der Waals surface area contributed by atoms with Crippen molar-refractivity contribution in [2.45, 2.75) is 18.9 Å². The summed E-state index contributed by atoms with van der Waals surface area (Å²) in [4.78, 5) is 2.37. The molecule has 0 aromatic heterocycles. The van der Waals surface area contributed by atoms with Gasteiger partial charge in [-0.3, -0.25) is 0 Å². The van der Waals surface area contributed by atoms with Crippen LogP contribution in [0.5, 0.6) is 5.75 Å². The zero-order valence-corrected chi connectivity index (χ0v) is 10.5. The maximum absolute atomic E-state index is 5.75. The van der Waals surface area contributed by atoms with Crippen molar-refractivity contribution < 1.29 is 4.74 Å². The molecule has 82 valence electrons. The maximum atomic E-state index is 5.75. The molecule has 0 N–H and O–H groups in total. The normalized spacial score (nSPS) is 21.9. The lowest BCUT2D eigenvalue weighted by atomic mass is 10.2. The lowest BCUT2D eigenvalue weighted by Crippen LogP contribution is -2.30.